The van der Waals surface area contributed by atoms with Crippen LogP contribution in [0.3, 0.4) is 0 Å². The molecule has 4 aromatic heterocycles. The third kappa shape index (κ3) is 4.99. The number of benzene rings is 9. The van der Waals surface area contributed by atoms with E-state index in [1.165, 1.54) is 73.3 Å². The molecule has 0 radical (unpaired) electrons. The zero-order chi connectivity index (χ0) is 38.6. The fourth-order valence-electron chi connectivity index (χ4n) is 9.30. The lowest BCUT2D eigenvalue weighted by Crippen LogP contribution is -2.10. The Morgan fingerprint density at radius 1 is 0.373 bits per heavy atom. The van der Waals surface area contributed by atoms with Crippen LogP contribution in [-0.2, 0) is 0 Å². The minimum absolute atomic E-state index is 0.886. The van der Waals surface area contributed by atoms with Crippen molar-refractivity contribution in [3.63, 3.8) is 0 Å². The summed E-state index contributed by atoms with van der Waals surface area (Å²) in [4.78, 5) is 2.45. The van der Waals surface area contributed by atoms with Gasteiger partial charge in [0.15, 0.2) is 0 Å². The van der Waals surface area contributed by atoms with E-state index in [9.17, 15) is 0 Å². The first-order valence-electron chi connectivity index (χ1n) is 19.9. The Morgan fingerprint density at radius 3 is 1.83 bits per heavy atom. The van der Waals surface area contributed by atoms with Crippen LogP contribution in [0, 0.1) is 0 Å². The second-order valence-corrected chi connectivity index (χ2v) is 17.4. The first-order valence-corrected chi connectivity index (χ1v) is 21.5. The minimum Gasteiger partial charge on any atom is -0.456 e. The number of hydrogen-bond donors (Lipinski definition) is 0. The maximum atomic E-state index is 6.34. The van der Waals surface area contributed by atoms with Crippen LogP contribution in [0.4, 0.5) is 17.1 Å². The van der Waals surface area contributed by atoms with Gasteiger partial charge in [-0.1, -0.05) is 97.1 Å². The fraction of sp³-hybridized carbons (Fsp3) is 0. The molecule has 0 aliphatic carbocycles. The monoisotopic (exact) mass is 788 g/mol. The van der Waals surface area contributed by atoms with Crippen molar-refractivity contribution in [2.75, 3.05) is 4.90 Å². The summed E-state index contributed by atoms with van der Waals surface area (Å²) in [7, 11) is 0. The molecule has 0 N–H and O–H groups in total. The Kier molecular flexibility index (Phi) is 7.05. The summed E-state index contributed by atoms with van der Waals surface area (Å²) in [6, 6.07) is 70.9. The van der Waals surface area contributed by atoms with Crippen molar-refractivity contribution in [3.8, 4) is 16.8 Å². The van der Waals surface area contributed by atoms with Gasteiger partial charge >= 0.3 is 0 Å². The fourth-order valence-corrected chi connectivity index (χ4v) is 11.6. The van der Waals surface area contributed by atoms with Gasteiger partial charge in [0.2, 0.25) is 0 Å². The van der Waals surface area contributed by atoms with Crippen LogP contribution >= 0.6 is 22.7 Å². The lowest BCUT2D eigenvalue weighted by molar-refractivity contribution is 0.669. The number of hydrogen-bond acceptors (Lipinski definition) is 4. The predicted octanol–water partition coefficient (Wildman–Crippen LogP) is 16.6. The molecule has 0 spiro atoms. The summed E-state index contributed by atoms with van der Waals surface area (Å²) in [6.45, 7) is 0. The highest BCUT2D eigenvalue weighted by Gasteiger charge is 2.22. The van der Waals surface area contributed by atoms with Crippen molar-refractivity contribution in [2.45, 2.75) is 0 Å². The molecule has 59 heavy (non-hydrogen) atoms. The molecule has 0 saturated heterocycles. The Labute approximate surface area is 346 Å². The van der Waals surface area contributed by atoms with Gasteiger partial charge in [-0.15, -0.1) is 22.7 Å². The van der Waals surface area contributed by atoms with Gasteiger partial charge in [0.1, 0.15) is 11.2 Å². The molecule has 0 aliphatic rings. The average molecular weight is 789 g/mol. The summed E-state index contributed by atoms with van der Waals surface area (Å²) in [6.07, 6.45) is 0. The average Bonchev–Trinajstić information content (AvgIpc) is 4.05. The normalized spacial score (nSPS) is 12.1. The molecule has 4 heterocycles. The van der Waals surface area contributed by atoms with Crippen molar-refractivity contribution in [1.29, 1.82) is 0 Å². The summed E-state index contributed by atoms with van der Waals surface area (Å²) < 4.78 is 13.9. The zero-order valence-electron chi connectivity index (χ0n) is 31.6. The zero-order valence-corrected chi connectivity index (χ0v) is 33.2. The number of nitrogens with zero attached hydrogens (tertiary/aromatic N) is 2. The summed E-state index contributed by atoms with van der Waals surface area (Å²) in [5.41, 5.74) is 11.1. The number of fused-ring (bicyclic) bond motifs is 12. The number of aromatic nitrogens is 1. The number of anilines is 3. The molecule has 0 aliphatic heterocycles. The van der Waals surface area contributed by atoms with Crippen molar-refractivity contribution in [2.24, 2.45) is 0 Å². The van der Waals surface area contributed by atoms with E-state index in [0.29, 0.717) is 0 Å². The molecular weight excluding hydrogens is 757 g/mol. The van der Waals surface area contributed by atoms with Gasteiger partial charge in [-0.3, -0.25) is 0 Å². The van der Waals surface area contributed by atoms with Gasteiger partial charge in [-0.2, -0.15) is 0 Å². The molecular formula is C54H32N2OS2. The minimum atomic E-state index is 0.886. The molecule has 0 bridgehead atoms. The lowest BCUT2D eigenvalue weighted by Gasteiger charge is -2.27. The van der Waals surface area contributed by atoms with E-state index in [4.69, 9.17) is 4.42 Å². The van der Waals surface area contributed by atoms with Crippen molar-refractivity contribution in [3.05, 3.63) is 194 Å². The van der Waals surface area contributed by atoms with Crippen LogP contribution in [0.5, 0.6) is 0 Å². The van der Waals surface area contributed by atoms with E-state index in [0.717, 1.165) is 44.7 Å². The van der Waals surface area contributed by atoms with Crippen LogP contribution < -0.4 is 4.90 Å². The van der Waals surface area contributed by atoms with E-state index in [1.54, 1.807) is 0 Å². The summed E-state index contributed by atoms with van der Waals surface area (Å²) >= 11 is 3.73. The highest BCUT2D eigenvalue weighted by Crippen LogP contribution is 2.48. The van der Waals surface area contributed by atoms with Gasteiger partial charge in [0.25, 0.3) is 0 Å². The quantitative estimate of drug-likeness (QED) is 0.173. The Balaban J connectivity index is 1.10. The molecule has 276 valence electrons. The standard InChI is InChI=1S/C54H32N2OS2/c1-2-12-34(13-3-1)56-47-18-8-4-14-38(47)43-28-33(22-25-48(43)56)42-31-37(32-46-41-17-7-11-21-52(41)59-54(42)46)55(35-23-26-50-44(29-35)39-15-5-9-19-49(39)57-50)36-24-27-53-45(30-36)40-16-6-10-20-51(40)58-53/h1-32H. The van der Waals surface area contributed by atoms with Gasteiger partial charge in [0.05, 0.1) is 11.0 Å². The maximum absolute atomic E-state index is 6.34. The third-order valence-electron chi connectivity index (χ3n) is 12.0. The molecule has 0 fully saturated rings. The van der Waals surface area contributed by atoms with Gasteiger partial charge in [-0.05, 0) is 103 Å². The van der Waals surface area contributed by atoms with E-state index in [-0.39, 0.29) is 0 Å². The molecule has 0 saturated carbocycles. The van der Waals surface area contributed by atoms with Crippen LogP contribution in [0.1, 0.15) is 0 Å². The van der Waals surface area contributed by atoms with Crippen molar-refractivity contribution in [1.82, 2.24) is 4.57 Å². The van der Waals surface area contributed by atoms with E-state index < -0.39 is 0 Å². The Bertz CT molecular complexity index is 3700. The lowest BCUT2D eigenvalue weighted by atomic mass is 9.98. The van der Waals surface area contributed by atoms with E-state index >= 15 is 0 Å². The van der Waals surface area contributed by atoms with Crippen LogP contribution in [0.25, 0.3) is 101 Å². The second kappa shape index (κ2) is 12.7. The molecule has 3 nitrogen and oxygen atoms in total. The number of rotatable bonds is 5. The van der Waals surface area contributed by atoms with Crippen molar-refractivity contribution >= 4 is 124 Å². The molecule has 13 rings (SSSR count). The molecule has 0 amide bonds. The highest BCUT2D eigenvalue weighted by atomic mass is 32.1. The molecule has 0 unspecified atom stereocenters. The smallest absolute Gasteiger partial charge is 0.135 e. The molecule has 5 heteroatoms. The molecule has 0 atom stereocenters. The summed E-state index contributed by atoms with van der Waals surface area (Å²) in [5, 5.41) is 9.79. The SMILES string of the molecule is c1ccc(-n2c3ccccc3c3cc(-c4cc(N(c5ccc6oc7ccccc7c6c5)c5ccc6sc7ccccc7c6c5)cc5c4sc4ccccc45)ccc32)cc1. The Hall–Kier alpha value is -7.18. The van der Waals surface area contributed by atoms with Crippen LogP contribution in [0.2, 0.25) is 0 Å². The largest absolute Gasteiger partial charge is 0.456 e. The first-order chi connectivity index (χ1) is 29.2. The highest BCUT2D eigenvalue weighted by molar-refractivity contribution is 7.26. The topological polar surface area (TPSA) is 21.3 Å². The number of furan rings is 1. The molecule has 13 aromatic rings. The number of para-hydroxylation sites is 3. The second-order valence-electron chi connectivity index (χ2n) is 15.3. The first kappa shape index (κ1) is 32.9. The maximum Gasteiger partial charge on any atom is 0.135 e. The Morgan fingerprint density at radius 2 is 0.983 bits per heavy atom. The van der Waals surface area contributed by atoms with Crippen LogP contribution in [-0.4, -0.2) is 4.57 Å². The number of thiophene rings is 2. The molecule has 9 aromatic carbocycles. The van der Waals surface area contributed by atoms with Gasteiger partial charge in [0, 0.05) is 90.2 Å². The van der Waals surface area contributed by atoms with Crippen molar-refractivity contribution < 1.29 is 4.42 Å². The van der Waals surface area contributed by atoms with E-state index in [1.807, 2.05) is 28.7 Å². The summed E-state index contributed by atoms with van der Waals surface area (Å²) in [5.74, 6) is 0. The van der Waals surface area contributed by atoms with Crippen LogP contribution in [0.15, 0.2) is 199 Å². The van der Waals surface area contributed by atoms with Gasteiger partial charge in [-0.25, -0.2) is 0 Å². The van der Waals surface area contributed by atoms with E-state index in [2.05, 4.69) is 198 Å². The van der Waals surface area contributed by atoms with Gasteiger partial charge < -0.3 is 13.9 Å². The third-order valence-corrected chi connectivity index (χ3v) is 14.3. The predicted molar refractivity (Wildman–Crippen MR) is 254 cm³/mol.